The van der Waals surface area contributed by atoms with Crippen molar-refractivity contribution in [2.75, 3.05) is 26.4 Å². The van der Waals surface area contributed by atoms with Gasteiger partial charge in [-0.05, 0) is 41.3 Å². The minimum absolute atomic E-state index is 0.0218. The summed E-state index contributed by atoms with van der Waals surface area (Å²) in [5.74, 6) is 0.469. The third kappa shape index (κ3) is 5.06. The summed E-state index contributed by atoms with van der Waals surface area (Å²) >= 11 is 6.37. The number of halogens is 3. The highest BCUT2D eigenvalue weighted by Crippen LogP contribution is 2.36. The first-order chi connectivity index (χ1) is 16.2. The van der Waals surface area contributed by atoms with Crippen molar-refractivity contribution in [3.63, 3.8) is 0 Å². The molecule has 0 saturated carbocycles. The number of aliphatic hydroxyl groups excluding tert-OH is 4. The molecule has 0 bridgehead atoms. The minimum atomic E-state index is -2.52. The maximum Gasteiger partial charge on any atom is 0.251 e. The Morgan fingerprint density at radius 3 is 2.32 bits per heavy atom. The van der Waals surface area contributed by atoms with Crippen LogP contribution in [0.25, 0.3) is 0 Å². The second-order valence-electron chi connectivity index (χ2n) is 8.87. The summed E-state index contributed by atoms with van der Waals surface area (Å²) in [5.41, 5.74) is 0.900. The van der Waals surface area contributed by atoms with E-state index >= 15 is 0 Å². The Balaban J connectivity index is 1.44. The van der Waals surface area contributed by atoms with Crippen LogP contribution in [0.5, 0.6) is 5.75 Å². The molecule has 2 unspecified atom stereocenters. The fraction of sp³-hybridized carbons (Fsp3) is 0.500. The summed E-state index contributed by atoms with van der Waals surface area (Å²) in [5, 5.41) is 40.4. The van der Waals surface area contributed by atoms with Crippen molar-refractivity contribution >= 4 is 11.6 Å². The van der Waals surface area contributed by atoms with Gasteiger partial charge in [-0.1, -0.05) is 35.9 Å². The average molecular weight is 501 g/mol. The van der Waals surface area contributed by atoms with Crippen molar-refractivity contribution in [3.8, 4) is 5.75 Å². The van der Waals surface area contributed by atoms with E-state index in [2.05, 4.69) is 0 Å². The van der Waals surface area contributed by atoms with Gasteiger partial charge in [-0.25, -0.2) is 8.78 Å². The molecule has 0 radical (unpaired) electrons. The summed E-state index contributed by atoms with van der Waals surface area (Å²) < 4.78 is 42.6. The first-order valence-corrected chi connectivity index (χ1v) is 11.3. The molecule has 0 spiro atoms. The predicted octanol–water partition coefficient (Wildman–Crippen LogP) is 2.11. The summed E-state index contributed by atoms with van der Waals surface area (Å²) in [6, 6.07) is 12.0. The van der Waals surface area contributed by atoms with Crippen molar-refractivity contribution in [1.82, 2.24) is 0 Å². The van der Waals surface area contributed by atoms with Crippen LogP contribution >= 0.6 is 11.6 Å². The van der Waals surface area contributed by atoms with Gasteiger partial charge in [0.05, 0.1) is 19.8 Å². The van der Waals surface area contributed by atoms with E-state index in [1.54, 1.807) is 42.5 Å². The van der Waals surface area contributed by atoms with Crippen molar-refractivity contribution in [1.29, 1.82) is 0 Å². The van der Waals surface area contributed by atoms with E-state index in [0.717, 1.165) is 11.1 Å². The van der Waals surface area contributed by atoms with Crippen LogP contribution in [0.3, 0.4) is 0 Å². The average Bonchev–Trinajstić information content (AvgIpc) is 2.79. The van der Waals surface area contributed by atoms with Gasteiger partial charge in [-0.3, -0.25) is 0 Å². The lowest BCUT2D eigenvalue weighted by Gasteiger charge is -2.40. The maximum atomic E-state index is 13.2. The van der Waals surface area contributed by atoms with Crippen LogP contribution in [0, 0.1) is 5.41 Å². The number of hydrogen-bond acceptors (Lipinski definition) is 7. The lowest BCUT2D eigenvalue weighted by atomic mass is 9.87. The van der Waals surface area contributed by atoms with Crippen molar-refractivity contribution in [3.05, 3.63) is 64.2 Å². The van der Waals surface area contributed by atoms with Crippen LogP contribution < -0.4 is 4.74 Å². The van der Waals surface area contributed by atoms with Crippen molar-refractivity contribution < 1.29 is 43.4 Å². The second-order valence-corrected chi connectivity index (χ2v) is 9.27. The monoisotopic (exact) mass is 500 g/mol. The third-order valence-corrected chi connectivity index (χ3v) is 6.75. The van der Waals surface area contributed by atoms with Gasteiger partial charge >= 0.3 is 0 Å². The number of hydrogen-bond donors (Lipinski definition) is 4. The van der Waals surface area contributed by atoms with E-state index < -0.39 is 49.0 Å². The molecule has 2 aromatic carbocycles. The van der Waals surface area contributed by atoms with E-state index in [9.17, 15) is 29.2 Å². The largest absolute Gasteiger partial charge is 0.493 e. The van der Waals surface area contributed by atoms with Gasteiger partial charge in [0.15, 0.2) is 0 Å². The zero-order chi connectivity index (χ0) is 24.5. The lowest BCUT2D eigenvalue weighted by Crippen LogP contribution is -2.55. The van der Waals surface area contributed by atoms with Crippen molar-refractivity contribution in [2.45, 2.75) is 43.4 Å². The summed E-state index contributed by atoms with van der Waals surface area (Å²) in [6.45, 7) is -0.684. The van der Waals surface area contributed by atoms with Gasteiger partial charge in [0.2, 0.25) is 0 Å². The molecular weight excluding hydrogens is 474 g/mol. The summed E-state index contributed by atoms with van der Waals surface area (Å²) in [4.78, 5) is 0. The number of benzene rings is 2. The normalized spacial score (nSPS) is 28.5. The van der Waals surface area contributed by atoms with Gasteiger partial charge in [0, 0.05) is 5.02 Å². The molecule has 2 saturated heterocycles. The summed E-state index contributed by atoms with van der Waals surface area (Å²) in [6.07, 6.45) is -8.35. The zero-order valence-electron chi connectivity index (χ0n) is 18.2. The van der Waals surface area contributed by atoms with Gasteiger partial charge in [0.25, 0.3) is 6.43 Å². The number of ether oxygens (including phenoxy) is 3. The molecule has 0 aromatic heterocycles. The second kappa shape index (κ2) is 10.4. The third-order valence-electron chi connectivity index (χ3n) is 6.38. The minimum Gasteiger partial charge on any atom is -0.493 e. The van der Waals surface area contributed by atoms with Crippen LogP contribution in [0.4, 0.5) is 8.78 Å². The van der Waals surface area contributed by atoms with E-state index in [1.807, 2.05) is 0 Å². The highest BCUT2D eigenvalue weighted by molar-refractivity contribution is 6.31. The Bertz CT molecular complexity index is 968. The molecule has 10 heteroatoms. The Hall–Kier alpha value is -1.85. The molecular formula is C24H27ClF2O7. The molecule has 2 fully saturated rings. The molecule has 2 aliphatic heterocycles. The van der Waals surface area contributed by atoms with E-state index in [0.29, 0.717) is 22.8 Å². The van der Waals surface area contributed by atoms with E-state index in [4.69, 9.17) is 25.8 Å². The molecule has 2 aliphatic rings. The lowest BCUT2D eigenvalue weighted by molar-refractivity contribution is -0.231. The van der Waals surface area contributed by atoms with E-state index in [1.165, 1.54) is 0 Å². The maximum absolute atomic E-state index is 13.2. The molecule has 34 heavy (non-hydrogen) atoms. The number of rotatable bonds is 8. The van der Waals surface area contributed by atoms with Gasteiger partial charge in [-0.15, -0.1) is 0 Å². The quantitative estimate of drug-likeness (QED) is 0.439. The topological polar surface area (TPSA) is 109 Å². The highest BCUT2D eigenvalue weighted by Gasteiger charge is 2.48. The van der Waals surface area contributed by atoms with Gasteiger partial charge in [-0.2, -0.15) is 0 Å². The molecule has 2 heterocycles. The standard InChI is InChI=1S/C24H27ClF2O7/c25-17-6-3-14(22-21(31)20(30)19(29)18(9-28)34-22)8-15(17)7-13-1-4-16(5-2-13)33-12-24(23(26)27)10-32-11-24/h1-6,8,18-23,28-31H,7,9-12H2/t18-,19-,20?,21-,22?/m1/s1. The summed E-state index contributed by atoms with van der Waals surface area (Å²) in [7, 11) is 0. The molecule has 5 atom stereocenters. The fourth-order valence-corrected chi connectivity index (χ4v) is 4.26. The molecule has 186 valence electrons. The Kier molecular flexibility index (Phi) is 7.73. The Morgan fingerprint density at radius 2 is 1.74 bits per heavy atom. The van der Waals surface area contributed by atoms with Crippen molar-refractivity contribution in [2.24, 2.45) is 5.41 Å². The van der Waals surface area contributed by atoms with Crippen LogP contribution in [0.1, 0.15) is 22.8 Å². The number of aliphatic hydroxyl groups is 4. The fourth-order valence-electron chi connectivity index (χ4n) is 4.07. The molecule has 0 amide bonds. The molecule has 2 aromatic rings. The predicted molar refractivity (Wildman–Crippen MR) is 118 cm³/mol. The number of alkyl halides is 2. The zero-order valence-corrected chi connectivity index (χ0v) is 18.9. The van der Waals surface area contributed by atoms with Crippen LogP contribution in [-0.2, 0) is 15.9 Å². The van der Waals surface area contributed by atoms with Crippen LogP contribution in [0.2, 0.25) is 5.02 Å². The Labute approximate surface area is 200 Å². The van der Waals surface area contributed by atoms with Crippen LogP contribution in [-0.4, -0.2) is 77.7 Å². The first-order valence-electron chi connectivity index (χ1n) is 10.9. The molecule has 4 N–H and O–H groups in total. The molecule has 4 rings (SSSR count). The Morgan fingerprint density at radius 1 is 1.03 bits per heavy atom. The van der Waals surface area contributed by atoms with E-state index in [-0.39, 0.29) is 19.8 Å². The van der Waals surface area contributed by atoms with Gasteiger partial charge in [0.1, 0.15) is 48.3 Å². The highest BCUT2D eigenvalue weighted by atomic mass is 35.5. The SMILES string of the molecule is OC[C@H]1OC(c2ccc(Cl)c(Cc3ccc(OCC4(C(F)F)COC4)cc3)c2)[C@H](O)C(O)[C@@H]1O. The molecule has 0 aliphatic carbocycles. The smallest absolute Gasteiger partial charge is 0.251 e. The first kappa shape index (κ1) is 25.2. The van der Waals surface area contributed by atoms with Crippen LogP contribution in [0.15, 0.2) is 42.5 Å². The van der Waals surface area contributed by atoms with Gasteiger partial charge < -0.3 is 34.6 Å². The molecule has 7 nitrogen and oxygen atoms in total.